The number of hydrogen-bond donors (Lipinski definition) is 0. The van der Waals surface area contributed by atoms with E-state index in [1.54, 1.807) is 0 Å². The van der Waals surface area contributed by atoms with Crippen LogP contribution in [0.25, 0.3) is 0 Å². The fraction of sp³-hybridized carbons (Fsp3) is 1.00. The van der Waals surface area contributed by atoms with Crippen LogP contribution in [-0.4, -0.2) is 25.7 Å². The molecule has 0 saturated heterocycles. The van der Waals surface area contributed by atoms with E-state index in [0.29, 0.717) is 0 Å². The molecular weight excluding hydrogens is 142 g/mol. The van der Waals surface area contributed by atoms with Gasteiger partial charge in [0.25, 0.3) is 0 Å². The highest BCUT2D eigenvalue weighted by atomic mass is 32.4. The summed E-state index contributed by atoms with van der Waals surface area (Å²) in [6.07, 6.45) is 2.40. The van der Waals surface area contributed by atoms with E-state index in [1.807, 2.05) is 0 Å². The van der Waals surface area contributed by atoms with E-state index in [-0.39, 0.29) is 0 Å². The molecule has 0 spiro atoms. The van der Waals surface area contributed by atoms with Crippen LogP contribution in [0.4, 0.5) is 0 Å². The second kappa shape index (κ2) is 3.17. The number of hydrogen-bond acceptors (Lipinski definition) is 1. The lowest BCUT2D eigenvalue weighted by Crippen LogP contribution is -1.83. The quantitative estimate of drug-likeness (QED) is 0.544. The first-order valence-electron chi connectivity index (χ1n) is 2.30. The van der Waals surface area contributed by atoms with E-state index in [9.17, 15) is 0 Å². The first-order valence-corrected chi connectivity index (χ1v) is 7.00. The Morgan fingerprint density at radius 2 is 2.00 bits per heavy atom. The van der Waals surface area contributed by atoms with Gasteiger partial charge in [-0.15, -0.1) is 9.24 Å². The molecule has 0 aromatic heterocycles. The molecule has 0 bridgehead atoms. The molecule has 0 nitrogen and oxygen atoms in total. The van der Waals surface area contributed by atoms with Gasteiger partial charge in [0, 0.05) is 0 Å². The van der Waals surface area contributed by atoms with Gasteiger partial charge in [0.15, 0.2) is 0 Å². The molecule has 0 aliphatic heterocycles. The highest BCUT2D eigenvalue weighted by molar-refractivity contribution is 8.14. The van der Waals surface area contributed by atoms with E-state index in [0.717, 1.165) is 0 Å². The molecule has 7 heavy (non-hydrogen) atoms. The smallest absolute Gasteiger partial charge is 0.0205 e. The third-order valence-corrected chi connectivity index (χ3v) is 3.33. The summed E-state index contributed by atoms with van der Waals surface area (Å²) in [5.74, 6) is 0. The van der Waals surface area contributed by atoms with Crippen molar-refractivity contribution in [3.63, 3.8) is 0 Å². The van der Waals surface area contributed by atoms with Crippen molar-refractivity contribution < 1.29 is 0 Å². The highest BCUT2D eigenvalue weighted by Crippen LogP contribution is 2.35. The first-order chi connectivity index (χ1) is 3.06. The summed E-state index contributed by atoms with van der Waals surface area (Å²) in [7, 11) is 2.70. The van der Waals surface area contributed by atoms with Crippen molar-refractivity contribution in [2.45, 2.75) is 0 Å². The largest absolute Gasteiger partial charge is 0.137 e. The van der Waals surface area contributed by atoms with Gasteiger partial charge in [0.05, 0.1) is 0 Å². The second-order valence-corrected chi connectivity index (χ2v) is 9.22. The Kier molecular flexibility index (Phi) is 3.66. The van der Waals surface area contributed by atoms with Crippen LogP contribution in [-0.2, 0) is 11.8 Å². The summed E-state index contributed by atoms with van der Waals surface area (Å²) >= 11 is 5.18. The SMILES string of the molecule is CP(C)(=S)CCP. The minimum Gasteiger partial charge on any atom is -0.137 e. The van der Waals surface area contributed by atoms with Crippen molar-refractivity contribution in [2.24, 2.45) is 0 Å². The Hall–Kier alpha value is 1.08. The fourth-order valence-corrected chi connectivity index (χ4v) is 3.75. The van der Waals surface area contributed by atoms with Crippen molar-refractivity contribution in [1.82, 2.24) is 0 Å². The van der Waals surface area contributed by atoms with Crippen LogP contribution >= 0.6 is 15.3 Å². The molecule has 0 aliphatic rings. The van der Waals surface area contributed by atoms with Crippen molar-refractivity contribution in [1.29, 1.82) is 0 Å². The van der Waals surface area contributed by atoms with E-state index < -0.39 is 6.04 Å². The summed E-state index contributed by atoms with van der Waals surface area (Å²) in [5.41, 5.74) is 0. The molecule has 0 saturated carbocycles. The predicted octanol–water partition coefficient (Wildman–Crippen LogP) is 1.60. The molecule has 1 atom stereocenters. The summed E-state index contributed by atoms with van der Waals surface area (Å²) < 4.78 is 0. The van der Waals surface area contributed by atoms with Crippen molar-refractivity contribution in [3.8, 4) is 0 Å². The van der Waals surface area contributed by atoms with E-state index >= 15 is 0 Å². The Bertz CT molecular complexity index is 83.7. The second-order valence-electron chi connectivity index (χ2n) is 2.09. The molecule has 0 fully saturated rings. The molecule has 0 amide bonds. The maximum absolute atomic E-state index is 5.18. The van der Waals surface area contributed by atoms with Crippen LogP contribution in [0.2, 0.25) is 0 Å². The number of rotatable bonds is 2. The lowest BCUT2D eigenvalue weighted by molar-refractivity contribution is 1.52. The highest BCUT2D eigenvalue weighted by Gasteiger charge is 1.96. The van der Waals surface area contributed by atoms with Crippen LogP contribution in [0, 0.1) is 0 Å². The molecule has 0 heterocycles. The molecule has 44 valence electrons. The molecule has 0 aliphatic carbocycles. The standard InChI is InChI=1S/C4H12P2S/c1-6(2,7)4-3-5/h3-5H2,1-2H3. The Balaban J connectivity index is 3.36. The van der Waals surface area contributed by atoms with Gasteiger partial charge < -0.3 is 0 Å². The third kappa shape index (κ3) is 7.08. The lowest BCUT2D eigenvalue weighted by atomic mass is 11.0. The molecule has 3 heteroatoms. The zero-order chi connectivity index (χ0) is 5.91. The normalized spacial score (nSPS) is 11.9. The lowest BCUT2D eigenvalue weighted by Gasteiger charge is -2.04. The summed E-state index contributed by atoms with van der Waals surface area (Å²) in [6.45, 7) is 4.37. The van der Waals surface area contributed by atoms with Crippen LogP contribution < -0.4 is 0 Å². The topological polar surface area (TPSA) is 0 Å². The zero-order valence-corrected chi connectivity index (χ0v) is 7.71. The monoisotopic (exact) mass is 154 g/mol. The van der Waals surface area contributed by atoms with Gasteiger partial charge in [0.1, 0.15) is 0 Å². The van der Waals surface area contributed by atoms with Gasteiger partial charge in [-0.25, -0.2) is 0 Å². The van der Waals surface area contributed by atoms with Gasteiger partial charge in [-0.05, 0) is 31.7 Å². The third-order valence-electron chi connectivity index (χ3n) is 0.668. The van der Waals surface area contributed by atoms with Gasteiger partial charge in [0.2, 0.25) is 0 Å². The Morgan fingerprint density at radius 1 is 1.57 bits per heavy atom. The van der Waals surface area contributed by atoms with Crippen LogP contribution in [0.3, 0.4) is 0 Å². The summed E-state index contributed by atoms with van der Waals surface area (Å²) in [4.78, 5) is 0. The molecular formula is C4H12P2S. The minimum absolute atomic E-state index is 0.853. The van der Waals surface area contributed by atoms with Gasteiger partial charge >= 0.3 is 0 Å². The van der Waals surface area contributed by atoms with Crippen molar-refractivity contribution in [3.05, 3.63) is 0 Å². The zero-order valence-electron chi connectivity index (χ0n) is 4.85. The maximum Gasteiger partial charge on any atom is -0.0205 e. The Morgan fingerprint density at radius 3 is 2.00 bits per heavy atom. The van der Waals surface area contributed by atoms with E-state index in [1.165, 1.54) is 12.3 Å². The van der Waals surface area contributed by atoms with Crippen molar-refractivity contribution >= 4 is 27.1 Å². The van der Waals surface area contributed by atoms with Crippen LogP contribution in [0.1, 0.15) is 0 Å². The van der Waals surface area contributed by atoms with E-state index in [2.05, 4.69) is 22.6 Å². The summed E-state index contributed by atoms with van der Waals surface area (Å²) in [6, 6.07) is -0.853. The van der Waals surface area contributed by atoms with Gasteiger partial charge in [-0.3, -0.25) is 0 Å². The molecule has 0 rings (SSSR count). The molecule has 0 aromatic rings. The predicted molar refractivity (Wildman–Crippen MR) is 45.6 cm³/mol. The van der Waals surface area contributed by atoms with Gasteiger partial charge in [-0.2, -0.15) is 0 Å². The molecule has 0 N–H and O–H groups in total. The van der Waals surface area contributed by atoms with Crippen LogP contribution in [0.5, 0.6) is 0 Å². The average Bonchev–Trinajstić information content (AvgIpc) is 1.30. The molecule has 0 radical (unpaired) electrons. The molecule has 1 unspecified atom stereocenters. The Labute approximate surface area is 53.3 Å². The molecule has 0 aromatic carbocycles. The van der Waals surface area contributed by atoms with E-state index in [4.69, 9.17) is 11.8 Å². The van der Waals surface area contributed by atoms with Gasteiger partial charge in [-0.1, -0.05) is 11.8 Å². The minimum atomic E-state index is -0.853. The summed E-state index contributed by atoms with van der Waals surface area (Å²) in [5, 5.41) is 0. The first kappa shape index (κ1) is 8.08. The maximum atomic E-state index is 5.18. The van der Waals surface area contributed by atoms with Crippen LogP contribution in [0.15, 0.2) is 0 Å². The average molecular weight is 154 g/mol. The van der Waals surface area contributed by atoms with Crippen molar-refractivity contribution in [2.75, 3.05) is 25.7 Å². The fourth-order valence-electron chi connectivity index (χ4n) is 0.311.